The Morgan fingerprint density at radius 3 is 1.88 bits per heavy atom. The van der Waals surface area contributed by atoms with Gasteiger partial charge < -0.3 is 5.73 Å². The van der Waals surface area contributed by atoms with Crippen molar-refractivity contribution in [3.8, 4) is 0 Å². The van der Waals surface area contributed by atoms with Crippen LogP contribution in [0.4, 0.5) is 0 Å². The molecular weight excluding hydrogens is 215 g/mol. The number of hydrogen-bond donors (Lipinski definition) is 1. The average molecular weight is 230 g/mol. The molecule has 0 bridgehead atoms. The fourth-order valence-electron chi connectivity index (χ4n) is 0.365. The highest BCUT2D eigenvalue weighted by molar-refractivity contribution is 14.0. The van der Waals surface area contributed by atoms with Crippen molar-refractivity contribution < 1.29 is 0 Å². The lowest BCUT2D eigenvalue weighted by atomic mass is 10.4. The van der Waals surface area contributed by atoms with Crippen LogP contribution in [0.2, 0.25) is 0 Å². The topological polar surface area (TPSA) is 29.3 Å². The molecule has 2 N–H and O–H groups in total. The van der Waals surface area contributed by atoms with Crippen LogP contribution >= 0.6 is 24.0 Å². The van der Waals surface area contributed by atoms with Gasteiger partial charge in [0.2, 0.25) is 0 Å². The third kappa shape index (κ3) is 4.80. The van der Waals surface area contributed by atoms with Gasteiger partial charge in [-0.25, -0.2) is 0 Å². The third-order valence-corrected chi connectivity index (χ3v) is 1.08. The maximum absolute atomic E-state index is 5.54. The summed E-state index contributed by atoms with van der Waals surface area (Å²) in [4.78, 5) is 2.00. The molecule has 3 heteroatoms. The number of nitrogens with zero attached hydrogens (tertiary/aromatic N) is 1. The van der Waals surface area contributed by atoms with E-state index in [4.69, 9.17) is 5.73 Å². The highest BCUT2D eigenvalue weighted by atomic mass is 127. The zero-order valence-electron chi connectivity index (χ0n) is 5.72. The van der Waals surface area contributed by atoms with Gasteiger partial charge in [0.25, 0.3) is 0 Å². The molecule has 0 aromatic rings. The normalized spacial score (nSPS) is 13.1. The van der Waals surface area contributed by atoms with Crippen molar-refractivity contribution in [3.05, 3.63) is 0 Å². The summed E-state index contributed by atoms with van der Waals surface area (Å²) < 4.78 is 0. The molecule has 0 fully saturated rings. The van der Waals surface area contributed by atoms with Gasteiger partial charge in [-0.05, 0) is 20.5 Å². The van der Waals surface area contributed by atoms with Crippen LogP contribution < -0.4 is 5.73 Å². The van der Waals surface area contributed by atoms with Crippen molar-refractivity contribution in [1.82, 2.24) is 4.90 Å². The van der Waals surface area contributed by atoms with Crippen LogP contribution in [0.25, 0.3) is 0 Å². The lowest BCUT2D eigenvalue weighted by Gasteiger charge is -2.16. The predicted octanol–water partition coefficient (Wildman–Crippen LogP) is 0.861. The van der Waals surface area contributed by atoms with Crippen molar-refractivity contribution in [1.29, 1.82) is 0 Å². The Balaban J connectivity index is 0. The molecule has 2 nitrogen and oxygen atoms in total. The van der Waals surface area contributed by atoms with Gasteiger partial charge >= 0.3 is 0 Å². The van der Waals surface area contributed by atoms with Gasteiger partial charge in [0.15, 0.2) is 0 Å². The van der Waals surface area contributed by atoms with Gasteiger partial charge in [-0.1, -0.05) is 6.92 Å². The molecule has 0 saturated heterocycles. The molecule has 0 amide bonds. The molecule has 0 radical (unpaired) electrons. The summed E-state index contributed by atoms with van der Waals surface area (Å²) in [6.07, 6.45) is 1.26. The molecule has 0 heterocycles. The van der Waals surface area contributed by atoms with E-state index in [0.717, 1.165) is 6.42 Å². The molecule has 0 aromatic heterocycles. The monoisotopic (exact) mass is 230 g/mol. The van der Waals surface area contributed by atoms with E-state index in [1.165, 1.54) is 0 Å². The largest absolute Gasteiger partial charge is 0.316 e. The highest BCUT2D eigenvalue weighted by Gasteiger charge is 1.97. The fourth-order valence-corrected chi connectivity index (χ4v) is 0.365. The molecule has 0 aliphatic carbocycles. The number of rotatable bonds is 2. The van der Waals surface area contributed by atoms with Gasteiger partial charge in [-0.3, -0.25) is 4.90 Å². The molecule has 1 atom stereocenters. The lowest BCUT2D eigenvalue weighted by molar-refractivity contribution is 0.293. The maximum Gasteiger partial charge on any atom is 0.0563 e. The van der Waals surface area contributed by atoms with Crippen molar-refractivity contribution in [3.63, 3.8) is 0 Å². The molecule has 0 aliphatic heterocycles. The van der Waals surface area contributed by atoms with E-state index >= 15 is 0 Å². The van der Waals surface area contributed by atoms with E-state index in [1.54, 1.807) is 0 Å². The SMILES string of the molecule is CCC(N)N(C)C.I. The van der Waals surface area contributed by atoms with E-state index in [1.807, 2.05) is 19.0 Å². The molecule has 8 heavy (non-hydrogen) atoms. The molecule has 0 saturated carbocycles. The van der Waals surface area contributed by atoms with Crippen LogP contribution in [-0.2, 0) is 0 Å². The summed E-state index contributed by atoms with van der Waals surface area (Å²) in [5, 5.41) is 0. The molecule has 0 aliphatic rings. The minimum Gasteiger partial charge on any atom is -0.316 e. The Morgan fingerprint density at radius 2 is 1.88 bits per heavy atom. The predicted molar refractivity (Wildman–Crippen MR) is 47.4 cm³/mol. The lowest BCUT2D eigenvalue weighted by Crippen LogP contribution is -2.35. The zero-order chi connectivity index (χ0) is 5.86. The number of hydrogen-bond acceptors (Lipinski definition) is 2. The summed E-state index contributed by atoms with van der Waals surface area (Å²) in [7, 11) is 3.96. The van der Waals surface area contributed by atoms with E-state index < -0.39 is 0 Å². The van der Waals surface area contributed by atoms with E-state index in [2.05, 4.69) is 6.92 Å². The molecule has 52 valence electrons. The maximum atomic E-state index is 5.54. The Morgan fingerprint density at radius 1 is 1.50 bits per heavy atom. The van der Waals surface area contributed by atoms with Crippen LogP contribution in [0.1, 0.15) is 13.3 Å². The Kier molecular flexibility index (Phi) is 8.27. The van der Waals surface area contributed by atoms with Crippen molar-refractivity contribution in [2.75, 3.05) is 14.1 Å². The smallest absolute Gasteiger partial charge is 0.0563 e. The average Bonchev–Trinajstić information content (AvgIpc) is 1.65. The van der Waals surface area contributed by atoms with Gasteiger partial charge in [0.1, 0.15) is 0 Å². The van der Waals surface area contributed by atoms with Crippen LogP contribution in [0, 0.1) is 0 Å². The second-order valence-electron chi connectivity index (χ2n) is 1.94. The molecule has 1 unspecified atom stereocenters. The molecule has 0 spiro atoms. The first kappa shape index (κ1) is 11.4. The van der Waals surface area contributed by atoms with E-state index in [0.29, 0.717) is 0 Å². The van der Waals surface area contributed by atoms with Gasteiger partial charge in [0.05, 0.1) is 6.17 Å². The third-order valence-electron chi connectivity index (χ3n) is 1.08. The first-order chi connectivity index (χ1) is 3.18. The second kappa shape index (κ2) is 5.78. The van der Waals surface area contributed by atoms with Crippen LogP contribution in [0.3, 0.4) is 0 Å². The standard InChI is InChI=1S/C5H14N2.HI/c1-4-5(6)7(2)3;/h5H,4,6H2,1-3H3;1H. The van der Waals surface area contributed by atoms with Gasteiger partial charge in [-0.15, -0.1) is 24.0 Å². The molecular formula is C5H15IN2. The van der Waals surface area contributed by atoms with Crippen molar-refractivity contribution >= 4 is 24.0 Å². The van der Waals surface area contributed by atoms with Crippen LogP contribution in [0.15, 0.2) is 0 Å². The fraction of sp³-hybridized carbons (Fsp3) is 1.00. The number of nitrogens with two attached hydrogens (primary N) is 1. The summed E-state index contributed by atoms with van der Waals surface area (Å²) in [5.74, 6) is 0. The minimum atomic E-state index is 0. The molecule has 0 aromatic carbocycles. The van der Waals surface area contributed by atoms with Crippen molar-refractivity contribution in [2.45, 2.75) is 19.5 Å². The van der Waals surface area contributed by atoms with Gasteiger partial charge in [0, 0.05) is 0 Å². The summed E-state index contributed by atoms with van der Waals surface area (Å²) in [6, 6.07) is 0. The van der Waals surface area contributed by atoms with Gasteiger partial charge in [-0.2, -0.15) is 0 Å². The van der Waals surface area contributed by atoms with Crippen molar-refractivity contribution in [2.24, 2.45) is 5.73 Å². The summed E-state index contributed by atoms with van der Waals surface area (Å²) in [6.45, 7) is 2.07. The highest BCUT2D eigenvalue weighted by Crippen LogP contribution is 1.86. The quantitative estimate of drug-likeness (QED) is 0.563. The van der Waals surface area contributed by atoms with E-state index in [9.17, 15) is 0 Å². The summed E-state index contributed by atoms with van der Waals surface area (Å²) >= 11 is 0. The summed E-state index contributed by atoms with van der Waals surface area (Å²) in [5.41, 5.74) is 5.54. The Labute approximate surface area is 68.4 Å². The molecule has 0 rings (SSSR count). The zero-order valence-corrected chi connectivity index (χ0v) is 8.05. The minimum absolute atomic E-state index is 0. The first-order valence-electron chi connectivity index (χ1n) is 2.60. The second-order valence-corrected chi connectivity index (χ2v) is 1.94. The van der Waals surface area contributed by atoms with Crippen LogP contribution in [-0.4, -0.2) is 25.2 Å². The first-order valence-corrected chi connectivity index (χ1v) is 2.60. The van der Waals surface area contributed by atoms with E-state index in [-0.39, 0.29) is 30.1 Å². The number of halogens is 1. The Bertz CT molecular complexity index is 47.7. The van der Waals surface area contributed by atoms with Crippen LogP contribution in [0.5, 0.6) is 0 Å². The Hall–Kier alpha value is 0.650.